The number of dihydropyridines is 1. The molecule has 0 spiro atoms. The summed E-state index contributed by atoms with van der Waals surface area (Å²) >= 11 is 0. The highest BCUT2D eigenvalue weighted by Crippen LogP contribution is 2.35. The molecule has 1 nitrogen and oxygen atoms in total. The highest BCUT2D eigenvalue weighted by atomic mass is 28.3. The molecule has 1 aliphatic heterocycles. The highest BCUT2D eigenvalue weighted by Gasteiger charge is 2.24. The van der Waals surface area contributed by atoms with Gasteiger partial charge in [0.1, 0.15) is 0 Å². The van der Waals surface area contributed by atoms with Gasteiger partial charge in [-0.05, 0) is 59.3 Å². The smallest absolute Gasteiger partial charge is 0.0703 e. The standard InChI is InChI=1S/C20H31NSi/c1-14-9-8-10-15(2)19(14)17-11-16(12-20(3,4)5)18(13-21-17)22(6)7/h8-11,13,17,21-22H,12H2,1-7H3. The summed E-state index contributed by atoms with van der Waals surface area (Å²) in [5.74, 6) is 0. The molecule has 1 aromatic rings. The van der Waals surface area contributed by atoms with E-state index in [9.17, 15) is 0 Å². The fraction of sp³-hybridized carbons (Fsp3) is 0.500. The third-order valence-electron chi connectivity index (χ3n) is 4.35. The third-order valence-corrected chi connectivity index (χ3v) is 6.13. The van der Waals surface area contributed by atoms with Crippen LogP contribution in [0.3, 0.4) is 0 Å². The molecule has 1 atom stereocenters. The van der Waals surface area contributed by atoms with Crippen molar-refractivity contribution >= 4 is 8.80 Å². The molecular formula is C20H31NSi. The molecule has 1 aliphatic rings. The summed E-state index contributed by atoms with van der Waals surface area (Å²) in [6.07, 6.45) is 5.96. The van der Waals surface area contributed by atoms with Crippen molar-refractivity contribution in [2.45, 2.75) is 60.2 Å². The van der Waals surface area contributed by atoms with Crippen LogP contribution in [0.1, 0.15) is 49.9 Å². The van der Waals surface area contributed by atoms with Crippen LogP contribution in [-0.4, -0.2) is 8.80 Å². The molecule has 1 N–H and O–H groups in total. The minimum atomic E-state index is -0.815. The SMILES string of the molecule is Cc1cccc(C)c1C1C=C(CC(C)(C)C)C([SiH](C)C)=CN1. The third kappa shape index (κ3) is 3.92. The van der Waals surface area contributed by atoms with Crippen molar-refractivity contribution in [3.8, 4) is 0 Å². The number of allylic oxidation sites excluding steroid dienone is 2. The molecule has 2 heteroatoms. The lowest BCUT2D eigenvalue weighted by molar-refractivity contribution is 0.410. The Balaban J connectivity index is 2.41. The Kier molecular flexibility index (Phi) is 5.01. The van der Waals surface area contributed by atoms with E-state index in [0.29, 0.717) is 11.5 Å². The molecule has 1 aromatic carbocycles. The van der Waals surface area contributed by atoms with E-state index in [1.54, 1.807) is 10.8 Å². The molecule has 0 bridgehead atoms. The first-order valence-electron chi connectivity index (χ1n) is 8.42. The van der Waals surface area contributed by atoms with Gasteiger partial charge < -0.3 is 5.32 Å². The molecule has 0 radical (unpaired) electrons. The van der Waals surface area contributed by atoms with E-state index in [-0.39, 0.29) is 0 Å². The van der Waals surface area contributed by atoms with E-state index in [0.717, 1.165) is 6.42 Å². The Morgan fingerprint density at radius 2 is 1.68 bits per heavy atom. The van der Waals surface area contributed by atoms with Gasteiger partial charge >= 0.3 is 0 Å². The number of benzene rings is 1. The van der Waals surface area contributed by atoms with E-state index in [1.807, 2.05) is 0 Å². The van der Waals surface area contributed by atoms with Crippen molar-refractivity contribution in [1.82, 2.24) is 5.32 Å². The second-order valence-corrected chi connectivity index (χ2v) is 11.1. The van der Waals surface area contributed by atoms with Gasteiger partial charge in [0.15, 0.2) is 0 Å². The van der Waals surface area contributed by atoms with Crippen LogP contribution in [0.25, 0.3) is 0 Å². The molecule has 0 fully saturated rings. The summed E-state index contributed by atoms with van der Waals surface area (Å²) in [6.45, 7) is 16.3. The van der Waals surface area contributed by atoms with Gasteiger partial charge in [0.25, 0.3) is 0 Å². The number of hydrogen-bond acceptors (Lipinski definition) is 1. The van der Waals surface area contributed by atoms with Crippen molar-refractivity contribution in [1.29, 1.82) is 0 Å². The van der Waals surface area contributed by atoms with Gasteiger partial charge in [-0.25, -0.2) is 0 Å². The molecular weight excluding hydrogens is 282 g/mol. The number of hydrogen-bond donors (Lipinski definition) is 1. The van der Waals surface area contributed by atoms with Crippen LogP contribution >= 0.6 is 0 Å². The van der Waals surface area contributed by atoms with E-state index in [4.69, 9.17) is 0 Å². The van der Waals surface area contributed by atoms with Gasteiger partial charge in [-0.3, -0.25) is 0 Å². The van der Waals surface area contributed by atoms with E-state index < -0.39 is 8.80 Å². The van der Waals surface area contributed by atoms with E-state index >= 15 is 0 Å². The quantitative estimate of drug-likeness (QED) is 0.754. The Morgan fingerprint density at radius 1 is 1.09 bits per heavy atom. The fourth-order valence-corrected chi connectivity index (χ4v) is 4.74. The lowest BCUT2D eigenvalue weighted by atomic mass is 9.85. The normalized spacial score (nSPS) is 18.8. The maximum absolute atomic E-state index is 3.66. The molecule has 0 aromatic heterocycles. The Bertz CT molecular complexity index is 582. The predicted molar refractivity (Wildman–Crippen MR) is 101 cm³/mol. The lowest BCUT2D eigenvalue weighted by Crippen LogP contribution is -2.26. The van der Waals surface area contributed by atoms with Crippen molar-refractivity contribution in [3.63, 3.8) is 0 Å². The number of rotatable bonds is 3. The molecule has 0 saturated carbocycles. The second kappa shape index (κ2) is 6.45. The molecule has 0 amide bonds. The maximum atomic E-state index is 3.66. The molecule has 0 aliphatic carbocycles. The molecule has 1 heterocycles. The molecule has 0 saturated heterocycles. The van der Waals surface area contributed by atoms with Crippen LogP contribution in [0.4, 0.5) is 0 Å². The first kappa shape index (κ1) is 17.1. The van der Waals surface area contributed by atoms with Crippen molar-refractivity contribution in [2.75, 3.05) is 0 Å². The average Bonchev–Trinajstić information content (AvgIpc) is 2.36. The van der Waals surface area contributed by atoms with Crippen LogP contribution in [0, 0.1) is 19.3 Å². The summed E-state index contributed by atoms with van der Waals surface area (Å²) in [5.41, 5.74) is 6.09. The van der Waals surface area contributed by atoms with Crippen LogP contribution in [0.5, 0.6) is 0 Å². The molecule has 1 unspecified atom stereocenters. The predicted octanol–water partition coefficient (Wildman–Crippen LogP) is 5.22. The minimum absolute atomic E-state index is 0.315. The van der Waals surface area contributed by atoms with E-state index in [2.05, 4.69) is 83.5 Å². The summed E-state index contributed by atoms with van der Waals surface area (Å²) < 4.78 is 0. The second-order valence-electron chi connectivity index (χ2n) is 8.13. The van der Waals surface area contributed by atoms with Crippen molar-refractivity contribution in [3.05, 3.63) is 57.9 Å². The van der Waals surface area contributed by atoms with Gasteiger partial charge in [-0.2, -0.15) is 0 Å². The van der Waals surface area contributed by atoms with Gasteiger partial charge in [-0.1, -0.05) is 58.1 Å². The molecule has 22 heavy (non-hydrogen) atoms. The van der Waals surface area contributed by atoms with E-state index in [1.165, 1.54) is 16.7 Å². The first-order valence-corrected chi connectivity index (χ1v) is 11.3. The first-order chi connectivity index (χ1) is 10.2. The van der Waals surface area contributed by atoms with Crippen molar-refractivity contribution in [2.24, 2.45) is 5.41 Å². The van der Waals surface area contributed by atoms with Crippen LogP contribution in [-0.2, 0) is 0 Å². The molecule has 2 rings (SSSR count). The topological polar surface area (TPSA) is 12.0 Å². The maximum Gasteiger partial charge on any atom is 0.0703 e. The van der Waals surface area contributed by atoms with Gasteiger partial charge in [0, 0.05) is 0 Å². The molecule has 120 valence electrons. The Hall–Kier alpha value is -1.28. The van der Waals surface area contributed by atoms with Crippen LogP contribution < -0.4 is 5.32 Å². The minimum Gasteiger partial charge on any atom is -0.381 e. The van der Waals surface area contributed by atoms with Gasteiger partial charge in [0.2, 0.25) is 0 Å². The zero-order chi connectivity index (χ0) is 16.5. The highest BCUT2D eigenvalue weighted by molar-refractivity contribution is 6.65. The zero-order valence-corrected chi connectivity index (χ0v) is 16.4. The summed E-state index contributed by atoms with van der Waals surface area (Å²) in [6, 6.07) is 6.91. The van der Waals surface area contributed by atoms with Gasteiger partial charge in [0.05, 0.1) is 14.8 Å². The summed E-state index contributed by atoms with van der Waals surface area (Å²) in [5, 5.41) is 5.26. The zero-order valence-electron chi connectivity index (χ0n) is 15.2. The number of aryl methyl sites for hydroxylation is 2. The van der Waals surface area contributed by atoms with Crippen LogP contribution in [0.2, 0.25) is 13.1 Å². The fourth-order valence-electron chi connectivity index (χ4n) is 3.37. The van der Waals surface area contributed by atoms with Gasteiger partial charge in [-0.15, -0.1) is 0 Å². The monoisotopic (exact) mass is 313 g/mol. The summed E-state index contributed by atoms with van der Waals surface area (Å²) in [7, 11) is -0.815. The number of nitrogens with one attached hydrogen (secondary N) is 1. The average molecular weight is 314 g/mol. The van der Waals surface area contributed by atoms with Crippen LogP contribution in [0.15, 0.2) is 41.2 Å². The largest absolute Gasteiger partial charge is 0.381 e. The Morgan fingerprint density at radius 3 is 2.18 bits per heavy atom. The Labute approximate surface area is 138 Å². The summed E-state index contributed by atoms with van der Waals surface area (Å²) in [4.78, 5) is 0. The lowest BCUT2D eigenvalue weighted by Gasteiger charge is -2.31. The van der Waals surface area contributed by atoms with Crippen molar-refractivity contribution < 1.29 is 0 Å².